The zero-order valence-electron chi connectivity index (χ0n) is 20.9. The molecule has 40 heavy (non-hydrogen) atoms. The molecule has 0 saturated heterocycles. The molecule has 1 aliphatic carbocycles. The van der Waals surface area contributed by atoms with E-state index in [0.717, 1.165) is 67.2 Å². The molecule has 0 amide bonds. The topological polar surface area (TPSA) is 79.1 Å². The minimum absolute atomic E-state index is 0.355. The monoisotopic (exact) mass is 511 g/mol. The average molecular weight is 512 g/mol. The first-order valence-electron chi connectivity index (χ1n) is 13.3. The third-order valence-electron chi connectivity index (χ3n) is 8.24. The predicted octanol–water partition coefficient (Wildman–Crippen LogP) is 6.18. The van der Waals surface area contributed by atoms with Crippen molar-refractivity contribution in [3.63, 3.8) is 0 Å². The summed E-state index contributed by atoms with van der Waals surface area (Å²) in [5.41, 5.74) is 7.78. The van der Waals surface area contributed by atoms with Crippen LogP contribution in [0.1, 0.15) is 39.4 Å². The van der Waals surface area contributed by atoms with Gasteiger partial charge >= 0.3 is 0 Å². The SMILES string of the molecule is c1ccc2c(c1)C1=NC2=Nc2c3ccccc3c3n2C2C(=N1)c1ccccc1C2=NC1=NC(=N3)c2ccccc21. The third kappa shape index (κ3) is 2.45. The molecule has 7 heteroatoms. The molecule has 5 heterocycles. The van der Waals surface area contributed by atoms with Crippen molar-refractivity contribution in [2.24, 2.45) is 30.0 Å². The number of nitrogens with zero attached hydrogens (tertiary/aromatic N) is 7. The summed E-state index contributed by atoms with van der Waals surface area (Å²) in [5.74, 6) is 4.25. The van der Waals surface area contributed by atoms with Crippen molar-refractivity contribution in [1.82, 2.24) is 4.57 Å². The van der Waals surface area contributed by atoms with Crippen LogP contribution < -0.4 is 0 Å². The highest BCUT2D eigenvalue weighted by Crippen LogP contribution is 2.47. The van der Waals surface area contributed by atoms with E-state index in [-0.39, 0.29) is 6.04 Å². The lowest BCUT2D eigenvalue weighted by Crippen LogP contribution is -2.23. The van der Waals surface area contributed by atoms with Gasteiger partial charge in [0.25, 0.3) is 0 Å². The molecule has 0 saturated carbocycles. The maximum atomic E-state index is 5.30. The Bertz CT molecular complexity index is 2070. The van der Waals surface area contributed by atoms with Crippen molar-refractivity contribution in [2.75, 3.05) is 0 Å². The Hall–Kier alpha value is -5.56. The third-order valence-corrected chi connectivity index (χ3v) is 8.24. The van der Waals surface area contributed by atoms with E-state index in [9.17, 15) is 0 Å². The van der Waals surface area contributed by atoms with Crippen LogP contribution in [0.4, 0.5) is 11.6 Å². The van der Waals surface area contributed by atoms with E-state index in [1.165, 1.54) is 0 Å². The second-order valence-corrected chi connectivity index (χ2v) is 10.3. The Balaban J connectivity index is 1.43. The van der Waals surface area contributed by atoms with Gasteiger partial charge in [-0.3, -0.25) is 4.57 Å². The van der Waals surface area contributed by atoms with Gasteiger partial charge in [-0.15, -0.1) is 0 Å². The summed E-state index contributed by atoms with van der Waals surface area (Å²) in [6.07, 6.45) is 0. The van der Waals surface area contributed by atoms with Gasteiger partial charge in [-0.05, 0) is 0 Å². The molecule has 5 aliphatic rings. The molecule has 0 radical (unpaired) electrons. The first-order chi connectivity index (χ1) is 19.8. The summed E-state index contributed by atoms with van der Waals surface area (Å²) < 4.78 is 2.21. The number of rotatable bonds is 0. The lowest BCUT2D eigenvalue weighted by molar-refractivity contribution is 0.815. The molecule has 0 atom stereocenters. The molecular formula is C33H17N7. The smallest absolute Gasteiger partial charge is 0.164 e. The molecule has 4 bridgehead atoms. The zero-order chi connectivity index (χ0) is 25.9. The normalized spacial score (nSPS) is 18.6. The van der Waals surface area contributed by atoms with Crippen molar-refractivity contribution >= 4 is 57.2 Å². The van der Waals surface area contributed by atoms with E-state index in [0.29, 0.717) is 23.3 Å². The van der Waals surface area contributed by atoms with Gasteiger partial charge in [0.05, 0.1) is 11.4 Å². The molecule has 7 nitrogen and oxygen atoms in total. The van der Waals surface area contributed by atoms with E-state index in [2.05, 4.69) is 65.2 Å². The number of hydrogen-bond donors (Lipinski definition) is 0. The second kappa shape index (κ2) is 7.09. The van der Waals surface area contributed by atoms with Crippen molar-refractivity contribution in [1.29, 1.82) is 0 Å². The maximum Gasteiger partial charge on any atom is 0.164 e. The molecule has 4 aliphatic heterocycles. The van der Waals surface area contributed by atoms with E-state index in [1.54, 1.807) is 0 Å². The number of amidine groups is 4. The van der Waals surface area contributed by atoms with Crippen LogP contribution in [0.25, 0.3) is 10.8 Å². The summed E-state index contributed by atoms with van der Waals surface area (Å²) in [6, 6.07) is 32.7. The summed E-state index contributed by atoms with van der Waals surface area (Å²) in [5, 5.41) is 2.01. The fourth-order valence-corrected chi connectivity index (χ4v) is 6.50. The van der Waals surface area contributed by atoms with Gasteiger partial charge < -0.3 is 0 Å². The Labute approximate surface area is 228 Å². The van der Waals surface area contributed by atoms with Crippen LogP contribution in [-0.4, -0.2) is 39.3 Å². The molecule has 184 valence electrons. The van der Waals surface area contributed by atoms with Gasteiger partial charge in [-0.1, -0.05) is 97.1 Å². The van der Waals surface area contributed by atoms with Gasteiger partial charge in [-0.25, -0.2) is 30.0 Å². The fourth-order valence-electron chi connectivity index (χ4n) is 6.50. The summed E-state index contributed by atoms with van der Waals surface area (Å²) in [7, 11) is 0. The Morgan fingerprint density at radius 2 is 0.725 bits per heavy atom. The zero-order valence-corrected chi connectivity index (χ0v) is 20.9. The fraction of sp³-hybridized carbons (Fsp3) is 0.0303. The van der Waals surface area contributed by atoms with Gasteiger partial charge in [0.1, 0.15) is 17.7 Å². The molecular weight excluding hydrogens is 494 g/mol. The first-order valence-corrected chi connectivity index (χ1v) is 13.3. The second-order valence-electron chi connectivity index (χ2n) is 10.3. The van der Waals surface area contributed by atoms with Crippen LogP contribution in [0.2, 0.25) is 0 Å². The molecule has 4 aromatic carbocycles. The molecule has 10 rings (SSSR count). The van der Waals surface area contributed by atoms with Gasteiger partial charge in [0.15, 0.2) is 23.3 Å². The molecule has 0 unspecified atom stereocenters. The Kier molecular flexibility index (Phi) is 3.62. The van der Waals surface area contributed by atoms with Crippen LogP contribution in [0.3, 0.4) is 0 Å². The summed E-state index contributed by atoms with van der Waals surface area (Å²) >= 11 is 0. The number of hydrogen-bond acceptors (Lipinski definition) is 6. The van der Waals surface area contributed by atoms with E-state index in [1.807, 2.05) is 36.4 Å². The molecule has 0 fully saturated rings. The highest BCUT2D eigenvalue weighted by Gasteiger charge is 2.42. The van der Waals surface area contributed by atoms with Crippen LogP contribution in [-0.2, 0) is 0 Å². The largest absolute Gasteiger partial charge is 0.295 e. The predicted molar refractivity (Wildman–Crippen MR) is 159 cm³/mol. The van der Waals surface area contributed by atoms with Gasteiger partial charge in [0, 0.05) is 44.2 Å². The molecule has 0 N–H and O–H groups in total. The lowest BCUT2D eigenvalue weighted by atomic mass is 10.1. The number of benzene rings is 4. The number of aromatic nitrogens is 1. The maximum absolute atomic E-state index is 5.30. The average Bonchev–Trinajstić information content (AvgIpc) is 3.72. The Morgan fingerprint density at radius 3 is 1.15 bits per heavy atom. The first kappa shape index (κ1) is 20.4. The highest BCUT2D eigenvalue weighted by molar-refractivity contribution is 6.38. The number of fused-ring (bicyclic) bond motifs is 14. The number of aliphatic imine (C=N–C) groups is 6. The van der Waals surface area contributed by atoms with E-state index in [4.69, 9.17) is 30.0 Å². The van der Waals surface area contributed by atoms with Crippen molar-refractivity contribution < 1.29 is 0 Å². The highest BCUT2D eigenvalue weighted by atomic mass is 15.2. The molecule has 1 aromatic heterocycles. The van der Waals surface area contributed by atoms with Crippen LogP contribution in [0.5, 0.6) is 0 Å². The van der Waals surface area contributed by atoms with Crippen LogP contribution >= 0.6 is 0 Å². The molecule has 5 aromatic rings. The standard InChI is InChI=1S/C33H17N7/c1-2-10-18-17(9-1)25-27-26(18)35-29-20-12-4-6-14-22(20)31(37-29)39-33-24-16-8-7-15-23(24)32(40(27)33)38-30-21-13-5-3-11-19(21)28(34-25)36-30/h1-16,27H. The lowest BCUT2D eigenvalue weighted by Gasteiger charge is -2.20. The summed E-state index contributed by atoms with van der Waals surface area (Å²) in [6.45, 7) is 0. The molecule has 0 spiro atoms. The van der Waals surface area contributed by atoms with Crippen molar-refractivity contribution in [3.05, 3.63) is 130 Å². The summed E-state index contributed by atoms with van der Waals surface area (Å²) in [4.78, 5) is 31.1. The minimum atomic E-state index is -0.355. The van der Waals surface area contributed by atoms with Crippen LogP contribution in [0.15, 0.2) is 127 Å². The van der Waals surface area contributed by atoms with Crippen LogP contribution in [0, 0.1) is 0 Å². The van der Waals surface area contributed by atoms with Gasteiger partial charge in [-0.2, -0.15) is 0 Å². The van der Waals surface area contributed by atoms with E-state index >= 15 is 0 Å². The van der Waals surface area contributed by atoms with Crippen molar-refractivity contribution in [2.45, 2.75) is 6.04 Å². The quantitative estimate of drug-likeness (QED) is 0.238. The Morgan fingerprint density at radius 1 is 0.375 bits per heavy atom. The van der Waals surface area contributed by atoms with E-state index < -0.39 is 0 Å². The van der Waals surface area contributed by atoms with Gasteiger partial charge in [0.2, 0.25) is 0 Å². The van der Waals surface area contributed by atoms with Crippen molar-refractivity contribution in [3.8, 4) is 0 Å². The minimum Gasteiger partial charge on any atom is -0.295 e.